The average molecular weight is 559 g/mol. The van der Waals surface area contributed by atoms with E-state index in [0.717, 1.165) is 29.8 Å². The van der Waals surface area contributed by atoms with Crippen molar-refractivity contribution in [1.82, 2.24) is 10.0 Å². The van der Waals surface area contributed by atoms with Crippen LogP contribution in [0.2, 0.25) is 0 Å². The molecule has 1 saturated carbocycles. The van der Waals surface area contributed by atoms with Crippen molar-refractivity contribution in [3.05, 3.63) is 77.6 Å². The van der Waals surface area contributed by atoms with E-state index in [1.54, 1.807) is 25.1 Å². The molecule has 2 N–H and O–H groups in total. The Hall–Kier alpha value is -2.72. The Morgan fingerprint density at radius 2 is 1.50 bits per heavy atom. The summed E-state index contributed by atoms with van der Waals surface area (Å²) in [5, 5.41) is 2.88. The molecule has 3 rings (SSSR count). The maximum atomic E-state index is 13.1. The summed E-state index contributed by atoms with van der Waals surface area (Å²) in [6.45, 7) is 10.0. The molecule has 5 nitrogen and oxygen atoms in total. The van der Waals surface area contributed by atoms with Gasteiger partial charge in [0, 0.05) is 12.6 Å². The summed E-state index contributed by atoms with van der Waals surface area (Å²) in [4.78, 5) is 12.8. The van der Waals surface area contributed by atoms with Gasteiger partial charge in [0.05, 0.1) is 15.9 Å². The highest BCUT2D eigenvalue weighted by molar-refractivity contribution is 7.89. The quantitative estimate of drug-likeness (QED) is 0.284. The standard InChI is InChI=1S/C24H26F4N2O3S.2C2H6/c1-2-13-23(22(31)29-16-17-3-7-19(25)8-4-17)14-11-20(12-15-23)30-34(32,33)21-9-5-18(6-10-21)24(26,27)28;2*1-2/h2-10,13,20,30H,11-12,14-16H2,1H3,(H,29,31);2*1-2H3/b13-2+;;. The third-order valence-corrected chi connectivity index (χ3v) is 7.53. The largest absolute Gasteiger partial charge is 0.416 e. The zero-order valence-electron chi connectivity index (χ0n) is 22.5. The summed E-state index contributed by atoms with van der Waals surface area (Å²) in [5.74, 6) is -0.559. The predicted molar refractivity (Wildman–Crippen MR) is 142 cm³/mol. The Balaban J connectivity index is 0.00000172. The lowest BCUT2D eigenvalue weighted by Crippen LogP contribution is -2.46. The molecule has 0 bridgehead atoms. The van der Waals surface area contributed by atoms with Crippen molar-refractivity contribution in [3.63, 3.8) is 0 Å². The number of halogens is 4. The number of alkyl halides is 3. The molecule has 2 aromatic rings. The summed E-state index contributed by atoms with van der Waals surface area (Å²) in [6.07, 6.45) is 0.603. The van der Waals surface area contributed by atoms with Crippen molar-refractivity contribution in [2.75, 3.05) is 0 Å². The van der Waals surface area contributed by atoms with E-state index in [4.69, 9.17) is 0 Å². The predicted octanol–water partition coefficient (Wildman–Crippen LogP) is 7.00. The van der Waals surface area contributed by atoms with E-state index in [9.17, 15) is 30.8 Å². The van der Waals surface area contributed by atoms with Crippen LogP contribution in [0.3, 0.4) is 0 Å². The molecule has 0 saturated heterocycles. The molecule has 10 heteroatoms. The van der Waals surface area contributed by atoms with E-state index in [-0.39, 0.29) is 23.2 Å². The molecule has 1 aliphatic rings. The molecule has 0 unspecified atom stereocenters. The summed E-state index contributed by atoms with van der Waals surface area (Å²) >= 11 is 0. The van der Waals surface area contributed by atoms with Gasteiger partial charge < -0.3 is 5.32 Å². The summed E-state index contributed by atoms with van der Waals surface area (Å²) in [5.41, 5.74) is -0.972. The SMILES string of the molecule is C/C=C/C1(C(=O)NCc2ccc(F)cc2)CCC(NS(=O)(=O)c2ccc(C(F)(F)F)cc2)CC1.CC.CC. The van der Waals surface area contributed by atoms with Crippen molar-refractivity contribution in [2.24, 2.45) is 5.41 Å². The Morgan fingerprint density at radius 1 is 0.974 bits per heavy atom. The van der Waals surface area contributed by atoms with Crippen molar-refractivity contribution >= 4 is 15.9 Å². The fourth-order valence-corrected chi connectivity index (χ4v) is 5.42. The molecule has 1 amide bonds. The third kappa shape index (κ3) is 9.23. The van der Waals surface area contributed by atoms with Gasteiger partial charge in [-0.1, -0.05) is 52.0 Å². The number of hydrogen-bond acceptors (Lipinski definition) is 3. The van der Waals surface area contributed by atoms with E-state index < -0.39 is 33.2 Å². The number of amides is 1. The first-order chi connectivity index (χ1) is 17.9. The number of nitrogens with one attached hydrogen (secondary N) is 2. The molecular weight excluding hydrogens is 520 g/mol. The highest BCUT2D eigenvalue weighted by atomic mass is 32.2. The van der Waals surface area contributed by atoms with Gasteiger partial charge in [-0.15, -0.1) is 0 Å². The number of benzene rings is 2. The Morgan fingerprint density at radius 3 is 1.97 bits per heavy atom. The maximum Gasteiger partial charge on any atom is 0.416 e. The normalized spacial score (nSPS) is 19.6. The third-order valence-electron chi connectivity index (χ3n) is 6.00. The molecule has 0 heterocycles. The van der Waals surface area contributed by atoms with Crippen LogP contribution in [0.5, 0.6) is 0 Å². The number of allylic oxidation sites excluding steroid dienone is 1. The minimum atomic E-state index is -4.55. The van der Waals surface area contributed by atoms with Crippen LogP contribution < -0.4 is 10.0 Å². The fourth-order valence-electron chi connectivity index (χ4n) is 4.11. The van der Waals surface area contributed by atoms with Gasteiger partial charge >= 0.3 is 6.18 Å². The molecule has 0 aliphatic heterocycles. The second-order valence-electron chi connectivity index (χ2n) is 8.38. The van der Waals surface area contributed by atoms with E-state index in [1.807, 2.05) is 33.8 Å². The minimum absolute atomic E-state index is 0.195. The fraction of sp³-hybridized carbons (Fsp3) is 0.464. The molecule has 1 fully saturated rings. The van der Waals surface area contributed by atoms with Gasteiger partial charge in [0.15, 0.2) is 0 Å². The Kier molecular flexibility index (Phi) is 13.2. The second kappa shape index (κ2) is 15.0. The number of hydrogen-bond donors (Lipinski definition) is 2. The number of rotatable bonds is 7. The van der Waals surface area contributed by atoms with Crippen molar-refractivity contribution in [2.45, 2.75) is 84.0 Å². The molecule has 0 aromatic heterocycles. The molecule has 38 heavy (non-hydrogen) atoms. The smallest absolute Gasteiger partial charge is 0.351 e. The maximum absolute atomic E-state index is 13.1. The topological polar surface area (TPSA) is 75.3 Å². The van der Waals surface area contributed by atoms with Crippen molar-refractivity contribution in [1.29, 1.82) is 0 Å². The van der Waals surface area contributed by atoms with E-state index in [0.29, 0.717) is 25.7 Å². The zero-order valence-corrected chi connectivity index (χ0v) is 23.3. The molecule has 0 spiro atoms. The van der Waals surface area contributed by atoms with Gasteiger partial charge in [0.25, 0.3) is 0 Å². The highest BCUT2D eigenvalue weighted by Crippen LogP contribution is 2.39. The van der Waals surface area contributed by atoms with Crippen LogP contribution in [0.4, 0.5) is 17.6 Å². The number of sulfonamides is 1. The molecule has 2 aromatic carbocycles. The second-order valence-corrected chi connectivity index (χ2v) is 10.1. The summed E-state index contributed by atoms with van der Waals surface area (Å²) < 4.78 is 79.1. The van der Waals surface area contributed by atoms with Gasteiger partial charge in [0.1, 0.15) is 5.82 Å². The lowest BCUT2D eigenvalue weighted by Gasteiger charge is -2.37. The molecular formula is C28H38F4N2O3S. The van der Waals surface area contributed by atoms with Gasteiger partial charge in [-0.3, -0.25) is 4.79 Å². The Labute approximate surface area is 223 Å². The van der Waals surface area contributed by atoms with E-state index in [1.165, 1.54) is 12.1 Å². The molecule has 0 radical (unpaired) electrons. The van der Waals surface area contributed by atoms with Gasteiger partial charge in [-0.05, 0) is 74.6 Å². The first-order valence-corrected chi connectivity index (χ1v) is 14.3. The lowest BCUT2D eigenvalue weighted by atomic mass is 9.71. The number of carbonyl (C=O) groups is 1. The summed E-state index contributed by atoms with van der Waals surface area (Å²) in [6, 6.07) is 8.69. The van der Waals surface area contributed by atoms with Crippen LogP contribution in [0.25, 0.3) is 0 Å². The molecule has 0 atom stereocenters. The van der Waals surface area contributed by atoms with Crippen LogP contribution >= 0.6 is 0 Å². The zero-order chi connectivity index (χ0) is 29.0. The average Bonchev–Trinajstić information content (AvgIpc) is 2.91. The van der Waals surface area contributed by atoms with Gasteiger partial charge in [-0.25, -0.2) is 17.5 Å². The molecule has 212 valence electrons. The van der Waals surface area contributed by atoms with E-state index in [2.05, 4.69) is 10.0 Å². The van der Waals surface area contributed by atoms with Crippen LogP contribution in [-0.2, 0) is 27.5 Å². The summed E-state index contributed by atoms with van der Waals surface area (Å²) in [7, 11) is -4.01. The first-order valence-electron chi connectivity index (χ1n) is 12.8. The highest BCUT2D eigenvalue weighted by Gasteiger charge is 2.40. The van der Waals surface area contributed by atoms with Crippen LogP contribution in [0.1, 0.15) is 71.4 Å². The number of carbonyl (C=O) groups excluding carboxylic acids is 1. The minimum Gasteiger partial charge on any atom is -0.351 e. The Bertz CT molecular complexity index is 1120. The lowest BCUT2D eigenvalue weighted by molar-refractivity contribution is -0.137. The van der Waals surface area contributed by atoms with Crippen LogP contribution in [0.15, 0.2) is 65.6 Å². The van der Waals surface area contributed by atoms with Crippen LogP contribution in [-0.4, -0.2) is 20.4 Å². The van der Waals surface area contributed by atoms with Gasteiger partial charge in [-0.2, -0.15) is 13.2 Å². The first kappa shape index (κ1) is 33.3. The monoisotopic (exact) mass is 558 g/mol. The van der Waals surface area contributed by atoms with Crippen molar-refractivity contribution in [3.8, 4) is 0 Å². The van der Waals surface area contributed by atoms with Crippen molar-refractivity contribution < 1.29 is 30.8 Å². The van der Waals surface area contributed by atoms with Crippen LogP contribution in [0, 0.1) is 11.2 Å². The molecule has 1 aliphatic carbocycles. The van der Waals surface area contributed by atoms with E-state index >= 15 is 0 Å². The van der Waals surface area contributed by atoms with Gasteiger partial charge in [0.2, 0.25) is 15.9 Å².